The Balaban J connectivity index is 2.30. The molecule has 0 heterocycles. The molecule has 0 radical (unpaired) electrons. The van der Waals surface area contributed by atoms with Gasteiger partial charge in [-0.1, -0.05) is 0 Å². The second kappa shape index (κ2) is 5.53. The summed E-state index contributed by atoms with van der Waals surface area (Å²) in [4.78, 5) is 10.7. The van der Waals surface area contributed by atoms with Crippen molar-refractivity contribution in [2.75, 3.05) is 4.72 Å². The Morgan fingerprint density at radius 3 is 2.29 bits per heavy atom. The van der Waals surface area contributed by atoms with E-state index < -0.39 is 21.8 Å². The zero-order chi connectivity index (χ0) is 15.6. The van der Waals surface area contributed by atoms with Crippen LogP contribution in [0.2, 0.25) is 0 Å². The number of anilines is 1. The van der Waals surface area contributed by atoms with Crippen molar-refractivity contribution in [3.05, 3.63) is 59.4 Å². The van der Waals surface area contributed by atoms with Crippen molar-refractivity contribution < 1.29 is 22.7 Å². The molecule has 21 heavy (non-hydrogen) atoms. The van der Waals surface area contributed by atoms with Crippen LogP contribution in [0.3, 0.4) is 0 Å². The van der Waals surface area contributed by atoms with E-state index in [-0.39, 0.29) is 21.7 Å². The van der Waals surface area contributed by atoms with Gasteiger partial charge in [0, 0.05) is 5.69 Å². The Morgan fingerprint density at radius 1 is 1.14 bits per heavy atom. The fourth-order valence-corrected chi connectivity index (χ4v) is 3.09. The molecule has 5 nitrogen and oxygen atoms in total. The van der Waals surface area contributed by atoms with Crippen molar-refractivity contribution >= 4 is 21.7 Å². The fraction of sp³-hybridized carbons (Fsp3) is 0.0714. The van der Waals surface area contributed by atoms with E-state index in [1.807, 2.05) is 0 Å². The first-order chi connectivity index (χ1) is 9.79. The van der Waals surface area contributed by atoms with Gasteiger partial charge in [0.05, 0.1) is 10.5 Å². The summed E-state index contributed by atoms with van der Waals surface area (Å²) < 4.78 is 39.7. The van der Waals surface area contributed by atoms with Crippen LogP contribution in [0.1, 0.15) is 15.9 Å². The van der Waals surface area contributed by atoms with Gasteiger partial charge in [0.2, 0.25) is 0 Å². The molecule has 0 atom stereocenters. The fourth-order valence-electron chi connectivity index (χ4n) is 1.81. The quantitative estimate of drug-likeness (QED) is 0.909. The van der Waals surface area contributed by atoms with Crippen molar-refractivity contribution in [2.45, 2.75) is 11.8 Å². The van der Waals surface area contributed by atoms with Gasteiger partial charge in [0.25, 0.3) is 10.0 Å². The summed E-state index contributed by atoms with van der Waals surface area (Å²) in [5, 5.41) is 8.77. The molecule has 0 aromatic heterocycles. The van der Waals surface area contributed by atoms with E-state index in [1.54, 1.807) is 0 Å². The number of hydrogen-bond acceptors (Lipinski definition) is 3. The van der Waals surface area contributed by atoms with Crippen molar-refractivity contribution in [1.82, 2.24) is 0 Å². The number of carbonyl (C=O) groups is 1. The third kappa shape index (κ3) is 3.38. The topological polar surface area (TPSA) is 83.5 Å². The second-order valence-electron chi connectivity index (χ2n) is 4.40. The highest BCUT2D eigenvalue weighted by molar-refractivity contribution is 7.92. The van der Waals surface area contributed by atoms with Gasteiger partial charge in [-0.2, -0.15) is 0 Å². The summed E-state index contributed by atoms with van der Waals surface area (Å²) in [6.45, 7) is 1.49. The van der Waals surface area contributed by atoms with Crippen molar-refractivity contribution in [2.24, 2.45) is 0 Å². The molecule has 0 spiro atoms. The van der Waals surface area contributed by atoms with E-state index in [0.29, 0.717) is 0 Å². The van der Waals surface area contributed by atoms with E-state index in [0.717, 1.165) is 12.1 Å². The summed E-state index contributed by atoms with van der Waals surface area (Å²) in [6.07, 6.45) is 0. The van der Waals surface area contributed by atoms with Crippen LogP contribution in [0.4, 0.5) is 10.1 Å². The molecule has 2 N–H and O–H groups in total. The first-order valence-electron chi connectivity index (χ1n) is 5.92. The van der Waals surface area contributed by atoms with Crippen LogP contribution in [0.25, 0.3) is 0 Å². The molecular formula is C14H12FNO4S. The lowest BCUT2D eigenvalue weighted by molar-refractivity contribution is 0.0697. The lowest BCUT2D eigenvalue weighted by Gasteiger charge is -2.10. The molecule has 0 bridgehead atoms. The van der Waals surface area contributed by atoms with Crippen LogP contribution in [0, 0.1) is 12.7 Å². The summed E-state index contributed by atoms with van der Waals surface area (Å²) in [5.41, 5.74) is 0.560. The highest BCUT2D eigenvalue weighted by Gasteiger charge is 2.17. The van der Waals surface area contributed by atoms with Crippen molar-refractivity contribution in [3.8, 4) is 0 Å². The van der Waals surface area contributed by atoms with Crippen LogP contribution >= 0.6 is 0 Å². The molecule has 2 aromatic carbocycles. The first kappa shape index (κ1) is 15.0. The predicted molar refractivity (Wildman–Crippen MR) is 75.3 cm³/mol. The van der Waals surface area contributed by atoms with Crippen LogP contribution < -0.4 is 4.72 Å². The van der Waals surface area contributed by atoms with E-state index in [2.05, 4.69) is 4.72 Å². The minimum atomic E-state index is -3.86. The Labute approximate surface area is 121 Å². The molecule has 110 valence electrons. The summed E-state index contributed by atoms with van der Waals surface area (Å²) >= 11 is 0. The van der Waals surface area contributed by atoms with E-state index in [4.69, 9.17) is 5.11 Å². The van der Waals surface area contributed by atoms with E-state index >= 15 is 0 Å². The Kier molecular flexibility index (Phi) is 3.95. The number of carboxylic acids is 1. The van der Waals surface area contributed by atoms with E-state index in [9.17, 15) is 17.6 Å². The lowest BCUT2D eigenvalue weighted by Crippen LogP contribution is -2.14. The molecule has 0 aliphatic rings. The van der Waals surface area contributed by atoms with Gasteiger partial charge in [0.1, 0.15) is 5.82 Å². The smallest absolute Gasteiger partial charge is 0.335 e. The Bertz CT molecular complexity index is 785. The number of halogens is 1. The zero-order valence-electron chi connectivity index (χ0n) is 11.0. The Morgan fingerprint density at radius 2 is 1.76 bits per heavy atom. The third-order valence-electron chi connectivity index (χ3n) is 2.81. The van der Waals surface area contributed by atoms with Gasteiger partial charge < -0.3 is 5.11 Å². The molecule has 2 rings (SSSR count). The van der Waals surface area contributed by atoms with Gasteiger partial charge in [-0.15, -0.1) is 0 Å². The molecule has 2 aromatic rings. The first-order valence-corrected chi connectivity index (χ1v) is 7.40. The minimum absolute atomic E-state index is 0.0359. The zero-order valence-corrected chi connectivity index (χ0v) is 11.8. The molecule has 0 saturated heterocycles. The van der Waals surface area contributed by atoms with Gasteiger partial charge in [0.15, 0.2) is 0 Å². The van der Waals surface area contributed by atoms with Gasteiger partial charge >= 0.3 is 5.97 Å². The lowest BCUT2D eigenvalue weighted by atomic mass is 10.2. The van der Waals surface area contributed by atoms with Crippen LogP contribution in [0.5, 0.6) is 0 Å². The number of aromatic carboxylic acids is 1. The van der Waals surface area contributed by atoms with Crippen molar-refractivity contribution in [3.63, 3.8) is 0 Å². The molecule has 0 aliphatic carbocycles. The Hall–Kier alpha value is -2.41. The SMILES string of the molecule is Cc1cc(F)ccc1S(=O)(=O)Nc1ccc(C(=O)O)cc1. The number of benzene rings is 2. The van der Waals surface area contributed by atoms with Crippen LogP contribution in [-0.2, 0) is 10.0 Å². The average molecular weight is 309 g/mol. The van der Waals surface area contributed by atoms with Crippen LogP contribution in [-0.4, -0.2) is 19.5 Å². The molecule has 7 heteroatoms. The number of aryl methyl sites for hydroxylation is 1. The minimum Gasteiger partial charge on any atom is -0.478 e. The average Bonchev–Trinajstić information content (AvgIpc) is 2.38. The highest BCUT2D eigenvalue weighted by atomic mass is 32.2. The number of hydrogen-bond donors (Lipinski definition) is 2. The molecule has 0 saturated carbocycles. The van der Waals surface area contributed by atoms with Crippen molar-refractivity contribution in [1.29, 1.82) is 0 Å². The van der Waals surface area contributed by atoms with Gasteiger partial charge in [-0.05, 0) is 55.0 Å². The van der Waals surface area contributed by atoms with Crippen LogP contribution in [0.15, 0.2) is 47.4 Å². The third-order valence-corrected chi connectivity index (χ3v) is 4.35. The van der Waals surface area contributed by atoms with Gasteiger partial charge in [-0.25, -0.2) is 17.6 Å². The van der Waals surface area contributed by atoms with E-state index in [1.165, 1.54) is 37.3 Å². The largest absolute Gasteiger partial charge is 0.478 e. The summed E-state index contributed by atoms with van der Waals surface area (Å²) in [7, 11) is -3.86. The monoisotopic (exact) mass is 309 g/mol. The maximum absolute atomic E-state index is 13.0. The normalized spacial score (nSPS) is 11.1. The highest BCUT2D eigenvalue weighted by Crippen LogP contribution is 2.20. The number of rotatable bonds is 4. The molecule has 0 unspecified atom stereocenters. The standard InChI is InChI=1S/C14H12FNO4S/c1-9-8-11(15)4-7-13(9)21(19,20)16-12-5-2-10(3-6-12)14(17)18/h2-8,16H,1H3,(H,17,18). The number of sulfonamides is 1. The van der Waals surface area contributed by atoms with Gasteiger partial charge in [-0.3, -0.25) is 4.72 Å². The molecular weight excluding hydrogens is 297 g/mol. The summed E-state index contributed by atoms with van der Waals surface area (Å²) in [6, 6.07) is 8.64. The summed E-state index contributed by atoms with van der Waals surface area (Å²) in [5.74, 6) is -1.61. The number of nitrogens with one attached hydrogen (secondary N) is 1. The molecule has 0 aliphatic heterocycles. The number of carboxylic acid groups (broad SMARTS) is 1. The molecule has 0 fully saturated rings. The predicted octanol–water partition coefficient (Wildman–Crippen LogP) is 2.63. The molecule has 0 amide bonds. The maximum Gasteiger partial charge on any atom is 0.335 e. The second-order valence-corrected chi connectivity index (χ2v) is 6.05. The maximum atomic E-state index is 13.0.